The van der Waals surface area contributed by atoms with E-state index in [-0.39, 0.29) is 6.29 Å². The van der Waals surface area contributed by atoms with Gasteiger partial charge in [0.2, 0.25) is 6.29 Å². The van der Waals surface area contributed by atoms with Crippen LogP contribution in [-0.2, 0) is 0 Å². The van der Waals surface area contributed by atoms with E-state index in [9.17, 15) is 0 Å². The summed E-state index contributed by atoms with van der Waals surface area (Å²) < 4.78 is 10.9. The highest BCUT2D eigenvalue weighted by Gasteiger charge is 2.21. The van der Waals surface area contributed by atoms with Gasteiger partial charge in [0.05, 0.1) is 0 Å². The number of rotatable bonds is 1. The molecule has 1 aliphatic heterocycles. The molecule has 1 aromatic rings. The number of nitrogen functional groups attached to an aromatic ring is 1. The molecule has 2 N–H and O–H groups in total. The highest BCUT2D eigenvalue weighted by molar-refractivity contribution is 5.53. The molecular formula is C9H11NO2. The minimum Gasteiger partial charge on any atom is -0.451 e. The van der Waals surface area contributed by atoms with Crippen molar-refractivity contribution in [3.8, 4) is 11.5 Å². The molecule has 0 spiro atoms. The summed E-state index contributed by atoms with van der Waals surface area (Å²) in [6.07, 6.45) is 0.705. The molecule has 0 radical (unpaired) electrons. The van der Waals surface area contributed by atoms with Crippen LogP contribution < -0.4 is 15.2 Å². The molecule has 1 atom stereocenters. The van der Waals surface area contributed by atoms with Crippen molar-refractivity contribution in [3.05, 3.63) is 18.2 Å². The zero-order chi connectivity index (χ0) is 8.55. The Morgan fingerprint density at radius 1 is 1.33 bits per heavy atom. The van der Waals surface area contributed by atoms with E-state index in [0.29, 0.717) is 5.69 Å². The Labute approximate surface area is 71.1 Å². The van der Waals surface area contributed by atoms with Gasteiger partial charge in [0.15, 0.2) is 11.5 Å². The van der Waals surface area contributed by atoms with Gasteiger partial charge in [-0.1, -0.05) is 6.92 Å². The number of benzene rings is 1. The van der Waals surface area contributed by atoms with Crippen molar-refractivity contribution in [1.29, 1.82) is 0 Å². The molecule has 0 amide bonds. The van der Waals surface area contributed by atoms with Crippen molar-refractivity contribution in [1.82, 2.24) is 0 Å². The molecule has 64 valence electrons. The van der Waals surface area contributed by atoms with Crippen LogP contribution in [0.5, 0.6) is 11.5 Å². The predicted molar refractivity (Wildman–Crippen MR) is 46.2 cm³/mol. The van der Waals surface area contributed by atoms with Crippen molar-refractivity contribution in [2.24, 2.45) is 0 Å². The molecule has 0 aromatic heterocycles. The van der Waals surface area contributed by atoms with Crippen molar-refractivity contribution in [2.75, 3.05) is 5.73 Å². The van der Waals surface area contributed by atoms with E-state index in [1.54, 1.807) is 12.1 Å². The summed E-state index contributed by atoms with van der Waals surface area (Å²) in [5.41, 5.74) is 6.29. The molecule has 3 nitrogen and oxygen atoms in total. The second-order valence-electron chi connectivity index (χ2n) is 2.78. The summed E-state index contributed by atoms with van der Waals surface area (Å²) in [7, 11) is 0. The maximum atomic E-state index is 5.58. The van der Waals surface area contributed by atoms with E-state index in [1.165, 1.54) is 0 Å². The summed E-state index contributed by atoms with van der Waals surface area (Å²) in [6, 6.07) is 5.42. The normalized spacial score (nSPS) is 19.6. The smallest absolute Gasteiger partial charge is 0.241 e. The fourth-order valence-corrected chi connectivity index (χ4v) is 1.19. The van der Waals surface area contributed by atoms with E-state index in [1.807, 2.05) is 13.0 Å². The molecule has 3 heteroatoms. The van der Waals surface area contributed by atoms with Crippen molar-refractivity contribution in [2.45, 2.75) is 19.6 Å². The first-order chi connectivity index (χ1) is 5.79. The maximum Gasteiger partial charge on any atom is 0.241 e. The van der Waals surface area contributed by atoms with Gasteiger partial charge >= 0.3 is 0 Å². The number of nitrogens with two attached hydrogens (primary N) is 1. The van der Waals surface area contributed by atoms with Crippen LogP contribution in [0.2, 0.25) is 0 Å². The van der Waals surface area contributed by atoms with Gasteiger partial charge in [0.25, 0.3) is 0 Å². The molecule has 0 saturated heterocycles. The van der Waals surface area contributed by atoms with E-state index >= 15 is 0 Å². The Morgan fingerprint density at radius 3 is 2.83 bits per heavy atom. The average molecular weight is 165 g/mol. The van der Waals surface area contributed by atoms with Gasteiger partial charge in [-0.25, -0.2) is 0 Å². The lowest BCUT2D eigenvalue weighted by atomic mass is 10.3. The van der Waals surface area contributed by atoms with Crippen LogP contribution >= 0.6 is 0 Å². The standard InChI is InChI=1S/C9H11NO2/c1-2-9-11-7-4-3-6(10)5-8(7)12-9/h3-5,9H,2,10H2,1H3. The van der Waals surface area contributed by atoms with Gasteiger partial charge in [0.1, 0.15) is 0 Å². The first kappa shape index (κ1) is 7.28. The Hall–Kier alpha value is -1.38. The van der Waals surface area contributed by atoms with Crippen LogP contribution in [-0.4, -0.2) is 6.29 Å². The molecule has 1 aliphatic rings. The van der Waals surface area contributed by atoms with Gasteiger partial charge in [-0.3, -0.25) is 0 Å². The molecule has 1 aromatic carbocycles. The highest BCUT2D eigenvalue weighted by atomic mass is 16.7. The number of hydrogen-bond donors (Lipinski definition) is 1. The van der Waals surface area contributed by atoms with E-state index in [0.717, 1.165) is 17.9 Å². The van der Waals surface area contributed by atoms with Gasteiger partial charge in [-0.05, 0) is 12.1 Å². The predicted octanol–water partition coefficient (Wildman–Crippen LogP) is 1.78. The molecule has 1 unspecified atom stereocenters. The Balaban J connectivity index is 2.30. The molecule has 0 bridgehead atoms. The lowest BCUT2D eigenvalue weighted by Crippen LogP contribution is -2.15. The minimum absolute atomic E-state index is 0.137. The van der Waals surface area contributed by atoms with Crippen LogP contribution in [0.25, 0.3) is 0 Å². The SMILES string of the molecule is CCC1Oc2ccc(N)cc2O1. The summed E-state index contributed by atoms with van der Waals surface area (Å²) in [5.74, 6) is 1.54. The van der Waals surface area contributed by atoms with E-state index < -0.39 is 0 Å². The molecule has 0 fully saturated rings. The second kappa shape index (κ2) is 2.59. The quantitative estimate of drug-likeness (QED) is 0.645. The Bertz CT molecular complexity index is 299. The summed E-state index contributed by atoms with van der Waals surface area (Å²) >= 11 is 0. The fraction of sp³-hybridized carbons (Fsp3) is 0.333. The van der Waals surface area contributed by atoms with Crippen LogP contribution in [0.4, 0.5) is 5.69 Å². The molecule has 12 heavy (non-hydrogen) atoms. The molecule has 1 heterocycles. The Morgan fingerprint density at radius 2 is 2.08 bits per heavy atom. The van der Waals surface area contributed by atoms with Crippen molar-refractivity contribution < 1.29 is 9.47 Å². The monoisotopic (exact) mass is 165 g/mol. The van der Waals surface area contributed by atoms with Crippen molar-refractivity contribution in [3.63, 3.8) is 0 Å². The molecule has 0 saturated carbocycles. The van der Waals surface area contributed by atoms with E-state index in [2.05, 4.69) is 0 Å². The average Bonchev–Trinajstić information content (AvgIpc) is 2.46. The summed E-state index contributed by atoms with van der Waals surface area (Å²) in [4.78, 5) is 0. The maximum absolute atomic E-state index is 5.58. The lowest BCUT2D eigenvalue weighted by molar-refractivity contribution is 0.0465. The number of fused-ring (bicyclic) bond motifs is 1. The molecule has 2 rings (SSSR count). The number of hydrogen-bond acceptors (Lipinski definition) is 3. The second-order valence-corrected chi connectivity index (χ2v) is 2.78. The third-order valence-corrected chi connectivity index (χ3v) is 1.82. The lowest BCUT2D eigenvalue weighted by Gasteiger charge is -2.04. The molecule has 0 aliphatic carbocycles. The third-order valence-electron chi connectivity index (χ3n) is 1.82. The Kier molecular flexibility index (Phi) is 1.57. The van der Waals surface area contributed by atoms with Crippen LogP contribution in [0, 0.1) is 0 Å². The molecular weight excluding hydrogens is 154 g/mol. The summed E-state index contributed by atoms with van der Waals surface area (Å²) in [5, 5.41) is 0. The first-order valence-corrected chi connectivity index (χ1v) is 4.02. The minimum atomic E-state index is -0.137. The van der Waals surface area contributed by atoms with Crippen LogP contribution in [0.15, 0.2) is 18.2 Å². The highest BCUT2D eigenvalue weighted by Crippen LogP contribution is 2.36. The zero-order valence-corrected chi connectivity index (χ0v) is 6.91. The number of ether oxygens (including phenoxy) is 2. The van der Waals surface area contributed by atoms with Crippen molar-refractivity contribution >= 4 is 5.69 Å². The largest absolute Gasteiger partial charge is 0.451 e. The first-order valence-electron chi connectivity index (χ1n) is 4.02. The van der Waals surface area contributed by atoms with Crippen LogP contribution in [0.3, 0.4) is 0 Å². The van der Waals surface area contributed by atoms with Gasteiger partial charge < -0.3 is 15.2 Å². The van der Waals surface area contributed by atoms with Gasteiger partial charge in [-0.15, -0.1) is 0 Å². The fourth-order valence-electron chi connectivity index (χ4n) is 1.19. The van der Waals surface area contributed by atoms with Gasteiger partial charge in [0, 0.05) is 18.2 Å². The zero-order valence-electron chi connectivity index (χ0n) is 6.91. The number of anilines is 1. The van der Waals surface area contributed by atoms with Crippen LogP contribution in [0.1, 0.15) is 13.3 Å². The topological polar surface area (TPSA) is 44.5 Å². The van der Waals surface area contributed by atoms with E-state index in [4.69, 9.17) is 15.2 Å². The third kappa shape index (κ3) is 1.07. The van der Waals surface area contributed by atoms with Gasteiger partial charge in [-0.2, -0.15) is 0 Å². The summed E-state index contributed by atoms with van der Waals surface area (Å²) in [6.45, 7) is 2.01.